The second-order valence-corrected chi connectivity index (χ2v) is 9.12. The van der Waals surface area contributed by atoms with E-state index in [1.165, 1.54) is 4.90 Å². The van der Waals surface area contributed by atoms with E-state index in [4.69, 9.17) is 4.74 Å². The van der Waals surface area contributed by atoms with Crippen molar-refractivity contribution in [3.05, 3.63) is 12.2 Å². The van der Waals surface area contributed by atoms with E-state index < -0.39 is 54.2 Å². The van der Waals surface area contributed by atoms with Gasteiger partial charge >= 0.3 is 0 Å². The summed E-state index contributed by atoms with van der Waals surface area (Å²) < 4.78 is 5.31. The Labute approximate surface area is 215 Å². The summed E-state index contributed by atoms with van der Waals surface area (Å²) in [6.45, 7) is 5.48. The lowest BCUT2D eigenvalue weighted by Gasteiger charge is -2.27. The van der Waals surface area contributed by atoms with E-state index in [-0.39, 0.29) is 44.4 Å². The third kappa shape index (κ3) is 8.20. The summed E-state index contributed by atoms with van der Waals surface area (Å²) >= 11 is 0. The summed E-state index contributed by atoms with van der Waals surface area (Å²) in [5, 5.41) is 7.68. The molecule has 0 saturated carbocycles. The third-order valence-electron chi connectivity index (χ3n) is 5.96. The number of likely N-dealkylation sites (tertiary alicyclic amines) is 1. The highest BCUT2D eigenvalue weighted by Gasteiger charge is 2.47. The first kappa shape index (κ1) is 29.6. The van der Waals surface area contributed by atoms with Gasteiger partial charge in [-0.15, -0.1) is 0 Å². The Hall–Kier alpha value is -3.61. The van der Waals surface area contributed by atoms with E-state index in [0.29, 0.717) is 12.9 Å². The molecular weight excluding hydrogens is 486 g/mol. The van der Waals surface area contributed by atoms with Gasteiger partial charge in [0.2, 0.25) is 23.6 Å². The van der Waals surface area contributed by atoms with Crippen LogP contribution in [-0.4, -0.2) is 103 Å². The Morgan fingerprint density at radius 1 is 1.08 bits per heavy atom. The van der Waals surface area contributed by atoms with Crippen LogP contribution in [0.1, 0.15) is 40.0 Å². The second-order valence-electron chi connectivity index (χ2n) is 9.12. The molecule has 1 fully saturated rings. The fraction of sp³-hybridized carbons (Fsp3) is 0.625. The highest BCUT2D eigenvalue weighted by molar-refractivity contribution is 6.15. The van der Waals surface area contributed by atoms with E-state index in [1.54, 1.807) is 13.8 Å². The summed E-state index contributed by atoms with van der Waals surface area (Å²) in [6.07, 6.45) is 3.63. The molecule has 0 aromatic carbocycles. The second kappa shape index (κ2) is 14.2. The number of rotatable bonds is 15. The van der Waals surface area contributed by atoms with Gasteiger partial charge in [0.15, 0.2) is 0 Å². The van der Waals surface area contributed by atoms with Crippen molar-refractivity contribution in [3.8, 4) is 0 Å². The largest absolute Gasteiger partial charge is 0.381 e. The molecule has 2 aliphatic rings. The molecule has 37 heavy (non-hydrogen) atoms. The maximum Gasteiger partial charge on any atom is 0.254 e. The van der Waals surface area contributed by atoms with Crippen molar-refractivity contribution in [2.45, 2.75) is 58.2 Å². The SMILES string of the molecule is CCCOCCC(=O)NCC1C[C@@H](N2C(=O)C=CC2=O)C(=O)N1CC(=O)NC(C(=O)NCC=O)C(C)C. The standard InChI is InChI=1S/C24H35N5O8/c1-4-10-37-11-7-18(31)26-13-16-12-17(29-20(33)5-6-21(29)34)24(36)28(16)14-19(32)27-22(15(2)3)23(35)25-8-9-30/h5-6,9,15-17,22H,4,7-8,10-14H2,1-3H3,(H,25,35)(H,26,31)(H,27,32)/t16?,17-,22?/m1/s1. The zero-order valence-corrected chi connectivity index (χ0v) is 21.4. The molecule has 13 heteroatoms. The summed E-state index contributed by atoms with van der Waals surface area (Å²) in [5.41, 5.74) is 0. The van der Waals surface area contributed by atoms with Crippen LogP contribution in [0, 0.1) is 5.92 Å². The van der Waals surface area contributed by atoms with Crippen LogP contribution >= 0.6 is 0 Å². The van der Waals surface area contributed by atoms with Crippen molar-refractivity contribution < 1.29 is 38.3 Å². The minimum Gasteiger partial charge on any atom is -0.381 e. The molecule has 204 valence electrons. The van der Waals surface area contributed by atoms with Crippen molar-refractivity contribution in [1.29, 1.82) is 0 Å². The van der Waals surface area contributed by atoms with Crippen molar-refractivity contribution in [3.63, 3.8) is 0 Å². The van der Waals surface area contributed by atoms with Gasteiger partial charge < -0.3 is 30.4 Å². The first-order chi connectivity index (χ1) is 17.6. The molecule has 2 heterocycles. The summed E-state index contributed by atoms with van der Waals surface area (Å²) in [7, 11) is 0. The number of imide groups is 1. The lowest BCUT2D eigenvalue weighted by Crippen LogP contribution is -2.54. The van der Waals surface area contributed by atoms with E-state index in [2.05, 4.69) is 16.0 Å². The number of nitrogens with zero attached hydrogens (tertiary/aromatic N) is 2. The van der Waals surface area contributed by atoms with Gasteiger partial charge in [0, 0.05) is 31.7 Å². The highest BCUT2D eigenvalue weighted by atomic mass is 16.5. The number of hydrogen-bond acceptors (Lipinski definition) is 8. The number of carbonyl (C=O) groups excluding carboxylic acids is 7. The Morgan fingerprint density at radius 2 is 1.76 bits per heavy atom. The monoisotopic (exact) mass is 521 g/mol. The molecule has 0 spiro atoms. The number of hydrogen-bond donors (Lipinski definition) is 3. The molecule has 3 atom stereocenters. The van der Waals surface area contributed by atoms with Crippen LogP contribution < -0.4 is 16.0 Å². The molecule has 1 saturated heterocycles. The molecule has 2 unspecified atom stereocenters. The van der Waals surface area contributed by atoms with Gasteiger partial charge in [0.05, 0.1) is 25.7 Å². The van der Waals surface area contributed by atoms with E-state index in [1.807, 2.05) is 6.92 Å². The number of carbonyl (C=O) groups is 7. The fourth-order valence-corrected chi connectivity index (χ4v) is 4.08. The van der Waals surface area contributed by atoms with Gasteiger partial charge in [-0.25, -0.2) is 0 Å². The summed E-state index contributed by atoms with van der Waals surface area (Å²) in [6, 6.07) is -2.74. The highest BCUT2D eigenvalue weighted by Crippen LogP contribution is 2.26. The molecule has 6 amide bonds. The molecular formula is C24H35N5O8. The predicted molar refractivity (Wildman–Crippen MR) is 129 cm³/mol. The van der Waals surface area contributed by atoms with Crippen LogP contribution in [0.15, 0.2) is 12.2 Å². The Bertz CT molecular complexity index is 916. The summed E-state index contributed by atoms with van der Waals surface area (Å²) in [4.78, 5) is 87.6. The average Bonchev–Trinajstić information content (AvgIpc) is 3.34. The Kier molecular flexibility index (Phi) is 11.4. The molecule has 0 aromatic rings. The minimum absolute atomic E-state index is 0.000783. The smallest absolute Gasteiger partial charge is 0.254 e. The number of nitrogens with one attached hydrogen (secondary N) is 3. The fourth-order valence-electron chi connectivity index (χ4n) is 4.08. The quantitative estimate of drug-likeness (QED) is 0.130. The van der Waals surface area contributed by atoms with Crippen LogP contribution in [0.5, 0.6) is 0 Å². The molecule has 0 aromatic heterocycles. The third-order valence-corrected chi connectivity index (χ3v) is 5.96. The van der Waals surface area contributed by atoms with Crippen LogP contribution in [0.4, 0.5) is 0 Å². The molecule has 3 N–H and O–H groups in total. The van der Waals surface area contributed by atoms with Crippen LogP contribution in [-0.2, 0) is 38.3 Å². The van der Waals surface area contributed by atoms with Gasteiger partial charge in [-0.05, 0) is 18.8 Å². The number of amides is 6. The van der Waals surface area contributed by atoms with Gasteiger partial charge in [-0.3, -0.25) is 33.7 Å². The lowest BCUT2D eigenvalue weighted by atomic mass is 10.0. The molecule has 13 nitrogen and oxygen atoms in total. The van der Waals surface area contributed by atoms with Gasteiger partial charge in [0.1, 0.15) is 18.4 Å². The molecule has 2 rings (SSSR count). The number of ether oxygens (including phenoxy) is 1. The van der Waals surface area contributed by atoms with E-state index in [0.717, 1.165) is 23.5 Å². The van der Waals surface area contributed by atoms with Crippen molar-refractivity contribution in [2.24, 2.45) is 5.92 Å². The first-order valence-electron chi connectivity index (χ1n) is 12.3. The topological polar surface area (TPSA) is 171 Å². The lowest BCUT2D eigenvalue weighted by molar-refractivity contribution is -0.147. The molecule has 2 aliphatic heterocycles. The zero-order valence-electron chi connectivity index (χ0n) is 21.4. The normalized spacial score (nSPS) is 19.9. The maximum absolute atomic E-state index is 13.2. The van der Waals surface area contributed by atoms with E-state index >= 15 is 0 Å². The molecule has 0 bridgehead atoms. The van der Waals surface area contributed by atoms with Gasteiger partial charge in [-0.1, -0.05) is 20.8 Å². The van der Waals surface area contributed by atoms with Gasteiger partial charge in [0.25, 0.3) is 11.8 Å². The van der Waals surface area contributed by atoms with Crippen LogP contribution in [0.3, 0.4) is 0 Å². The molecule has 0 radical (unpaired) electrons. The average molecular weight is 522 g/mol. The van der Waals surface area contributed by atoms with Crippen LogP contribution in [0.25, 0.3) is 0 Å². The Morgan fingerprint density at radius 3 is 2.35 bits per heavy atom. The Balaban J connectivity index is 2.10. The van der Waals surface area contributed by atoms with Crippen molar-refractivity contribution >= 4 is 41.7 Å². The first-order valence-corrected chi connectivity index (χ1v) is 12.3. The van der Waals surface area contributed by atoms with Gasteiger partial charge in [-0.2, -0.15) is 0 Å². The molecule has 0 aliphatic carbocycles. The summed E-state index contributed by atoms with van der Waals surface area (Å²) in [5.74, 6) is -3.68. The van der Waals surface area contributed by atoms with E-state index in [9.17, 15) is 33.6 Å². The number of aldehydes is 1. The zero-order chi connectivity index (χ0) is 27.5. The minimum atomic E-state index is -1.12. The van der Waals surface area contributed by atoms with Crippen molar-refractivity contribution in [2.75, 3.05) is 32.8 Å². The predicted octanol–water partition coefficient (Wildman–Crippen LogP) is -1.73. The van der Waals surface area contributed by atoms with Crippen LogP contribution in [0.2, 0.25) is 0 Å². The van der Waals surface area contributed by atoms with Crippen molar-refractivity contribution in [1.82, 2.24) is 25.8 Å². The maximum atomic E-state index is 13.2.